The van der Waals surface area contributed by atoms with E-state index < -0.39 is 15.8 Å². The average molecular weight is 374 g/mol. The van der Waals surface area contributed by atoms with Crippen LogP contribution in [0.3, 0.4) is 0 Å². The molecule has 0 fully saturated rings. The number of nitrogens with one attached hydrogen (secondary N) is 1. The minimum absolute atomic E-state index is 0.0164. The Morgan fingerprint density at radius 1 is 1.14 bits per heavy atom. The molecule has 2 aromatic carbocycles. The lowest BCUT2D eigenvalue weighted by atomic mass is 10.3. The molecule has 0 aliphatic rings. The first-order valence-corrected chi connectivity index (χ1v) is 8.54. The molecule has 0 amide bonds. The van der Waals surface area contributed by atoms with Crippen molar-refractivity contribution in [2.24, 2.45) is 0 Å². The molecule has 1 N–H and O–H groups in total. The van der Waals surface area contributed by atoms with Crippen molar-refractivity contribution in [3.8, 4) is 5.75 Å². The van der Waals surface area contributed by atoms with Crippen LogP contribution in [0.1, 0.15) is 0 Å². The van der Waals surface area contributed by atoms with E-state index in [1.54, 1.807) is 30.3 Å². The van der Waals surface area contributed by atoms with Gasteiger partial charge in [0, 0.05) is 4.47 Å². The molecule has 0 radical (unpaired) electrons. The van der Waals surface area contributed by atoms with Gasteiger partial charge in [0.1, 0.15) is 23.9 Å². The zero-order chi connectivity index (χ0) is 15.3. The van der Waals surface area contributed by atoms with E-state index in [9.17, 15) is 12.8 Å². The van der Waals surface area contributed by atoms with Gasteiger partial charge in [-0.2, -0.15) is 0 Å². The number of rotatable bonds is 6. The molecule has 0 atom stereocenters. The van der Waals surface area contributed by atoms with Crippen LogP contribution in [-0.4, -0.2) is 20.8 Å². The van der Waals surface area contributed by atoms with E-state index in [1.165, 1.54) is 12.1 Å². The van der Waals surface area contributed by atoms with Gasteiger partial charge in [-0.3, -0.25) is 4.72 Å². The summed E-state index contributed by atoms with van der Waals surface area (Å²) in [6, 6.07) is 13.0. The molecule has 112 valence electrons. The molecule has 0 aromatic heterocycles. The van der Waals surface area contributed by atoms with Gasteiger partial charge >= 0.3 is 0 Å². The monoisotopic (exact) mass is 373 g/mol. The first-order valence-electron chi connectivity index (χ1n) is 6.10. The Hall–Kier alpha value is -1.60. The summed E-state index contributed by atoms with van der Waals surface area (Å²) in [5.41, 5.74) is -0.0853. The van der Waals surface area contributed by atoms with E-state index in [0.29, 0.717) is 10.2 Å². The van der Waals surface area contributed by atoms with E-state index in [0.717, 1.165) is 0 Å². The summed E-state index contributed by atoms with van der Waals surface area (Å²) in [6.45, 7) is -0.0164. The maximum absolute atomic E-state index is 13.6. The van der Waals surface area contributed by atoms with Gasteiger partial charge in [0.15, 0.2) is 0 Å². The number of hydrogen-bond acceptors (Lipinski definition) is 3. The van der Waals surface area contributed by atoms with Crippen LogP contribution in [-0.2, 0) is 10.0 Å². The zero-order valence-electron chi connectivity index (χ0n) is 10.9. The largest absolute Gasteiger partial charge is 0.492 e. The average Bonchev–Trinajstić information content (AvgIpc) is 2.43. The van der Waals surface area contributed by atoms with Crippen molar-refractivity contribution in [3.05, 3.63) is 58.8 Å². The Balaban J connectivity index is 1.93. The van der Waals surface area contributed by atoms with Crippen LogP contribution in [0.4, 0.5) is 10.1 Å². The van der Waals surface area contributed by atoms with E-state index in [4.69, 9.17) is 4.74 Å². The van der Waals surface area contributed by atoms with Crippen molar-refractivity contribution in [3.63, 3.8) is 0 Å². The SMILES string of the molecule is O=S(=O)(CCOc1ccccc1)Nc1ccc(Br)cc1F. The maximum Gasteiger partial charge on any atom is 0.236 e. The van der Waals surface area contributed by atoms with Gasteiger partial charge in [-0.1, -0.05) is 34.1 Å². The molecule has 21 heavy (non-hydrogen) atoms. The quantitative estimate of drug-likeness (QED) is 0.843. The molecular formula is C14H13BrFNO3S. The summed E-state index contributed by atoms with van der Waals surface area (Å²) in [7, 11) is -3.67. The molecule has 7 heteroatoms. The van der Waals surface area contributed by atoms with Crippen molar-refractivity contribution < 1.29 is 17.5 Å². The number of sulfonamides is 1. The Kier molecular flexibility index (Phi) is 5.19. The van der Waals surface area contributed by atoms with E-state index in [2.05, 4.69) is 20.7 Å². The fourth-order valence-electron chi connectivity index (χ4n) is 1.58. The van der Waals surface area contributed by atoms with Crippen molar-refractivity contribution in [1.29, 1.82) is 0 Å². The van der Waals surface area contributed by atoms with Gasteiger partial charge in [0.25, 0.3) is 0 Å². The van der Waals surface area contributed by atoms with Gasteiger partial charge in [-0.05, 0) is 30.3 Å². The number of benzene rings is 2. The fraction of sp³-hybridized carbons (Fsp3) is 0.143. The van der Waals surface area contributed by atoms with Crippen molar-refractivity contribution in [1.82, 2.24) is 0 Å². The number of halogens is 2. The summed E-state index contributed by atoms with van der Waals surface area (Å²) in [6.07, 6.45) is 0. The molecule has 0 saturated heterocycles. The Labute approximate surface area is 131 Å². The standard InChI is InChI=1S/C14H13BrFNO3S/c15-11-6-7-14(13(16)10-11)17-21(18,19)9-8-20-12-4-2-1-3-5-12/h1-7,10,17H,8-9H2. The molecule has 0 spiro atoms. The second-order valence-electron chi connectivity index (χ2n) is 4.21. The summed E-state index contributed by atoms with van der Waals surface area (Å²) >= 11 is 3.11. The smallest absolute Gasteiger partial charge is 0.236 e. The second-order valence-corrected chi connectivity index (χ2v) is 6.96. The van der Waals surface area contributed by atoms with Crippen LogP contribution in [0.25, 0.3) is 0 Å². The highest BCUT2D eigenvalue weighted by Gasteiger charge is 2.13. The van der Waals surface area contributed by atoms with E-state index in [-0.39, 0.29) is 18.0 Å². The summed E-state index contributed by atoms with van der Waals surface area (Å²) in [5.74, 6) is -0.323. The molecular weight excluding hydrogens is 361 g/mol. The van der Waals surface area contributed by atoms with Crippen molar-refractivity contribution in [2.75, 3.05) is 17.1 Å². The Morgan fingerprint density at radius 2 is 1.86 bits per heavy atom. The first-order chi connectivity index (χ1) is 9.96. The number of hydrogen-bond donors (Lipinski definition) is 1. The highest BCUT2D eigenvalue weighted by molar-refractivity contribution is 9.10. The molecule has 0 aliphatic heterocycles. The molecule has 4 nitrogen and oxygen atoms in total. The van der Waals surface area contributed by atoms with Crippen LogP contribution >= 0.6 is 15.9 Å². The van der Waals surface area contributed by atoms with Gasteiger partial charge in [-0.15, -0.1) is 0 Å². The van der Waals surface area contributed by atoms with Gasteiger partial charge in [0.05, 0.1) is 5.69 Å². The van der Waals surface area contributed by atoms with Crippen LogP contribution in [0.15, 0.2) is 53.0 Å². The number of para-hydroxylation sites is 1. The molecule has 0 heterocycles. The second kappa shape index (κ2) is 6.91. The van der Waals surface area contributed by atoms with Crippen LogP contribution < -0.4 is 9.46 Å². The van der Waals surface area contributed by atoms with Gasteiger partial charge in [0.2, 0.25) is 10.0 Å². The third-order valence-electron chi connectivity index (χ3n) is 2.56. The Bertz CT molecular complexity index is 707. The minimum Gasteiger partial charge on any atom is -0.492 e. The summed E-state index contributed by atoms with van der Waals surface area (Å²) in [5, 5.41) is 0. The van der Waals surface area contributed by atoms with Crippen LogP contribution in [0.5, 0.6) is 5.75 Å². The predicted octanol–water partition coefficient (Wildman–Crippen LogP) is 3.41. The topological polar surface area (TPSA) is 55.4 Å². The summed E-state index contributed by atoms with van der Waals surface area (Å²) < 4.78 is 45.3. The van der Waals surface area contributed by atoms with E-state index in [1.807, 2.05) is 6.07 Å². The van der Waals surface area contributed by atoms with Gasteiger partial charge in [-0.25, -0.2) is 12.8 Å². The molecule has 0 unspecified atom stereocenters. The van der Waals surface area contributed by atoms with Crippen molar-refractivity contribution in [2.45, 2.75) is 0 Å². The molecule has 0 saturated carbocycles. The highest BCUT2D eigenvalue weighted by Crippen LogP contribution is 2.20. The van der Waals surface area contributed by atoms with Gasteiger partial charge < -0.3 is 4.74 Å². The first kappa shape index (κ1) is 15.8. The molecule has 0 aliphatic carbocycles. The molecule has 2 aromatic rings. The highest BCUT2D eigenvalue weighted by atomic mass is 79.9. The third kappa shape index (κ3) is 5.02. The molecule has 0 bridgehead atoms. The predicted molar refractivity (Wildman–Crippen MR) is 83.4 cm³/mol. The summed E-state index contributed by atoms with van der Waals surface area (Å²) in [4.78, 5) is 0. The van der Waals surface area contributed by atoms with Crippen LogP contribution in [0, 0.1) is 5.82 Å². The number of anilines is 1. The lowest BCUT2D eigenvalue weighted by Gasteiger charge is -2.10. The van der Waals surface area contributed by atoms with E-state index >= 15 is 0 Å². The minimum atomic E-state index is -3.67. The Morgan fingerprint density at radius 3 is 2.52 bits per heavy atom. The number of ether oxygens (including phenoxy) is 1. The van der Waals surface area contributed by atoms with Crippen molar-refractivity contribution >= 4 is 31.6 Å². The van der Waals surface area contributed by atoms with Crippen LogP contribution in [0.2, 0.25) is 0 Å². The zero-order valence-corrected chi connectivity index (χ0v) is 13.3. The maximum atomic E-state index is 13.6. The normalized spacial score (nSPS) is 11.1. The fourth-order valence-corrected chi connectivity index (χ4v) is 2.82. The lowest BCUT2D eigenvalue weighted by molar-refractivity contribution is 0.341. The molecule has 2 rings (SSSR count). The lowest BCUT2D eigenvalue weighted by Crippen LogP contribution is -2.21. The third-order valence-corrected chi connectivity index (χ3v) is 4.29.